The van der Waals surface area contributed by atoms with E-state index in [0.29, 0.717) is 24.7 Å². The van der Waals surface area contributed by atoms with Gasteiger partial charge in [0.2, 0.25) is 5.89 Å². The molecule has 0 aliphatic carbocycles. The summed E-state index contributed by atoms with van der Waals surface area (Å²) in [5, 5.41) is 2.88. The molecule has 0 radical (unpaired) electrons. The lowest BCUT2D eigenvalue weighted by atomic mass is 10.1. The lowest BCUT2D eigenvalue weighted by Gasteiger charge is -2.35. The summed E-state index contributed by atoms with van der Waals surface area (Å²) in [6.07, 6.45) is 1.41. The van der Waals surface area contributed by atoms with Crippen LogP contribution in [0, 0.1) is 12.7 Å². The summed E-state index contributed by atoms with van der Waals surface area (Å²) in [4.78, 5) is 21.2. The molecule has 0 bridgehead atoms. The number of halogens is 1. The Morgan fingerprint density at radius 2 is 1.90 bits per heavy atom. The Bertz CT molecular complexity index is 994. The fourth-order valence-corrected chi connectivity index (χ4v) is 3.59. The van der Waals surface area contributed by atoms with E-state index in [1.54, 1.807) is 12.1 Å². The van der Waals surface area contributed by atoms with Crippen LogP contribution in [0.25, 0.3) is 0 Å². The van der Waals surface area contributed by atoms with Crippen molar-refractivity contribution in [2.75, 3.05) is 31.1 Å². The topological polar surface area (TPSA) is 61.6 Å². The molecule has 1 saturated heterocycles. The van der Waals surface area contributed by atoms with E-state index in [1.807, 2.05) is 31.2 Å². The maximum Gasteiger partial charge on any atom is 0.273 e. The smallest absolute Gasteiger partial charge is 0.273 e. The molecule has 1 fully saturated rings. The van der Waals surface area contributed by atoms with Crippen LogP contribution in [0.5, 0.6) is 0 Å². The molecule has 2 heterocycles. The predicted molar refractivity (Wildman–Crippen MR) is 113 cm³/mol. The number of anilines is 1. The lowest BCUT2D eigenvalue weighted by Crippen LogP contribution is -2.46. The minimum atomic E-state index is -0.243. The van der Waals surface area contributed by atoms with Crippen LogP contribution in [0.2, 0.25) is 0 Å². The Hall–Kier alpha value is -3.19. The molecule has 30 heavy (non-hydrogen) atoms. The Morgan fingerprint density at radius 3 is 2.63 bits per heavy atom. The van der Waals surface area contributed by atoms with Crippen molar-refractivity contribution in [3.63, 3.8) is 0 Å². The summed E-state index contributed by atoms with van der Waals surface area (Å²) in [5.41, 5.74) is 3.53. The fraction of sp³-hybridized carbons (Fsp3) is 0.304. The maximum absolute atomic E-state index is 13.1. The Balaban J connectivity index is 1.26. The zero-order valence-electron chi connectivity index (χ0n) is 17.0. The molecule has 0 unspecified atom stereocenters. The van der Waals surface area contributed by atoms with Crippen LogP contribution in [0.1, 0.15) is 27.5 Å². The molecule has 1 aromatic heterocycles. The first-order chi connectivity index (χ1) is 14.6. The standard InChI is InChI=1S/C23H25FN4O2/c1-17-3-2-4-18(13-17)14-25-23(29)21-16-30-22(26-21)15-27-9-11-28(12-10-27)20-7-5-19(24)6-8-20/h2-8,13,16H,9-12,14-15H2,1H3,(H,25,29). The Labute approximate surface area is 175 Å². The van der Waals surface area contributed by atoms with Crippen LogP contribution < -0.4 is 10.2 Å². The van der Waals surface area contributed by atoms with E-state index in [1.165, 1.54) is 18.4 Å². The van der Waals surface area contributed by atoms with Crippen molar-refractivity contribution in [1.29, 1.82) is 0 Å². The van der Waals surface area contributed by atoms with E-state index >= 15 is 0 Å². The predicted octanol–water partition coefficient (Wildman–Crippen LogP) is 3.37. The summed E-state index contributed by atoms with van der Waals surface area (Å²) in [6.45, 7) is 6.40. The molecule has 6 nitrogen and oxygen atoms in total. The average Bonchev–Trinajstić information content (AvgIpc) is 3.22. The minimum absolute atomic E-state index is 0.222. The second kappa shape index (κ2) is 9.09. The largest absolute Gasteiger partial charge is 0.447 e. The molecule has 156 valence electrons. The number of oxazole rings is 1. The molecule has 1 amide bonds. The van der Waals surface area contributed by atoms with Gasteiger partial charge in [0, 0.05) is 38.4 Å². The van der Waals surface area contributed by atoms with Crippen molar-refractivity contribution in [2.24, 2.45) is 0 Å². The number of aryl methyl sites for hydroxylation is 1. The highest BCUT2D eigenvalue weighted by molar-refractivity contribution is 5.91. The lowest BCUT2D eigenvalue weighted by molar-refractivity contribution is 0.0945. The number of benzene rings is 2. The average molecular weight is 408 g/mol. The van der Waals surface area contributed by atoms with E-state index in [9.17, 15) is 9.18 Å². The number of carbonyl (C=O) groups excluding carboxylic acids is 1. The molecule has 0 saturated carbocycles. The highest BCUT2D eigenvalue weighted by atomic mass is 19.1. The Morgan fingerprint density at radius 1 is 1.13 bits per heavy atom. The van der Waals surface area contributed by atoms with E-state index < -0.39 is 0 Å². The maximum atomic E-state index is 13.1. The summed E-state index contributed by atoms with van der Waals surface area (Å²) >= 11 is 0. The normalized spacial score (nSPS) is 14.7. The fourth-order valence-electron chi connectivity index (χ4n) is 3.59. The molecule has 4 rings (SSSR count). The van der Waals surface area contributed by atoms with E-state index in [0.717, 1.165) is 43.0 Å². The zero-order chi connectivity index (χ0) is 20.9. The highest BCUT2D eigenvalue weighted by Crippen LogP contribution is 2.18. The van der Waals surface area contributed by atoms with Gasteiger partial charge in [-0.2, -0.15) is 0 Å². The van der Waals surface area contributed by atoms with Crippen molar-refractivity contribution >= 4 is 11.6 Å². The molecule has 1 aliphatic rings. The van der Waals surface area contributed by atoms with Gasteiger partial charge in [0.1, 0.15) is 12.1 Å². The molecule has 0 spiro atoms. The number of nitrogens with one attached hydrogen (secondary N) is 1. The first-order valence-electron chi connectivity index (χ1n) is 10.1. The van der Waals surface area contributed by atoms with Crippen LogP contribution in [-0.2, 0) is 13.1 Å². The number of aromatic nitrogens is 1. The van der Waals surface area contributed by atoms with E-state index in [2.05, 4.69) is 20.1 Å². The van der Waals surface area contributed by atoms with Gasteiger partial charge in [-0.25, -0.2) is 9.37 Å². The molecular formula is C23H25FN4O2. The molecule has 1 aliphatic heterocycles. The van der Waals surface area contributed by atoms with Crippen molar-refractivity contribution in [3.8, 4) is 0 Å². The van der Waals surface area contributed by atoms with Gasteiger partial charge in [-0.15, -0.1) is 0 Å². The second-order valence-corrected chi connectivity index (χ2v) is 7.54. The number of rotatable bonds is 6. The molecule has 7 heteroatoms. The highest BCUT2D eigenvalue weighted by Gasteiger charge is 2.20. The first kappa shape index (κ1) is 20.1. The van der Waals surface area contributed by atoms with E-state index in [4.69, 9.17) is 4.42 Å². The third-order valence-corrected chi connectivity index (χ3v) is 5.24. The van der Waals surface area contributed by atoms with Crippen molar-refractivity contribution < 1.29 is 13.6 Å². The van der Waals surface area contributed by atoms with Crippen molar-refractivity contribution in [3.05, 3.63) is 83.3 Å². The Kier molecular flexibility index (Phi) is 6.09. The molecular weight excluding hydrogens is 383 g/mol. The quantitative estimate of drug-likeness (QED) is 0.678. The number of hydrogen-bond acceptors (Lipinski definition) is 5. The molecule has 0 atom stereocenters. The molecule has 3 aromatic rings. The van der Waals surface area contributed by atoms with Crippen LogP contribution in [0.3, 0.4) is 0 Å². The van der Waals surface area contributed by atoms with Crippen LogP contribution >= 0.6 is 0 Å². The van der Waals surface area contributed by atoms with Gasteiger partial charge in [-0.3, -0.25) is 9.69 Å². The summed E-state index contributed by atoms with van der Waals surface area (Å²) in [5.74, 6) is 0.0681. The number of hydrogen-bond donors (Lipinski definition) is 1. The zero-order valence-corrected chi connectivity index (χ0v) is 17.0. The van der Waals surface area contributed by atoms with Crippen molar-refractivity contribution in [1.82, 2.24) is 15.2 Å². The van der Waals surface area contributed by atoms with Gasteiger partial charge in [0.25, 0.3) is 5.91 Å². The summed E-state index contributed by atoms with van der Waals surface area (Å²) in [7, 11) is 0. The second-order valence-electron chi connectivity index (χ2n) is 7.54. The molecule has 1 N–H and O–H groups in total. The number of carbonyl (C=O) groups is 1. The van der Waals surface area contributed by atoms with Crippen LogP contribution in [-0.4, -0.2) is 42.0 Å². The summed E-state index contributed by atoms with van der Waals surface area (Å²) in [6, 6.07) is 14.6. The van der Waals surface area contributed by atoms with Gasteiger partial charge in [0.05, 0.1) is 6.54 Å². The SMILES string of the molecule is Cc1cccc(CNC(=O)c2coc(CN3CCN(c4ccc(F)cc4)CC3)n2)c1. The van der Waals surface area contributed by atoms with Crippen LogP contribution in [0.15, 0.2) is 59.2 Å². The summed E-state index contributed by atoms with van der Waals surface area (Å²) < 4.78 is 18.6. The third kappa shape index (κ3) is 5.04. The monoisotopic (exact) mass is 408 g/mol. The number of amides is 1. The van der Waals surface area contributed by atoms with Gasteiger partial charge in [-0.05, 0) is 36.8 Å². The van der Waals surface area contributed by atoms with Crippen LogP contribution in [0.4, 0.5) is 10.1 Å². The minimum Gasteiger partial charge on any atom is -0.447 e. The number of piperazine rings is 1. The van der Waals surface area contributed by atoms with Gasteiger partial charge < -0.3 is 14.6 Å². The van der Waals surface area contributed by atoms with Gasteiger partial charge in [-0.1, -0.05) is 29.8 Å². The molecule has 2 aromatic carbocycles. The first-order valence-corrected chi connectivity index (χ1v) is 10.1. The number of nitrogens with zero attached hydrogens (tertiary/aromatic N) is 3. The third-order valence-electron chi connectivity index (χ3n) is 5.24. The van der Waals surface area contributed by atoms with Gasteiger partial charge >= 0.3 is 0 Å². The van der Waals surface area contributed by atoms with Crippen molar-refractivity contribution in [2.45, 2.75) is 20.0 Å². The van der Waals surface area contributed by atoms with Gasteiger partial charge in [0.15, 0.2) is 5.69 Å². The van der Waals surface area contributed by atoms with E-state index in [-0.39, 0.29) is 11.7 Å².